The number of carbonyl (C=O) groups excluding carboxylic acids is 2. The number of benzene rings is 1. The lowest BCUT2D eigenvalue weighted by Crippen LogP contribution is -2.47. The molecule has 2 fully saturated rings. The lowest BCUT2D eigenvalue weighted by molar-refractivity contribution is -0.146. The van der Waals surface area contributed by atoms with Crippen molar-refractivity contribution in [2.75, 3.05) is 5.75 Å². The van der Waals surface area contributed by atoms with Gasteiger partial charge in [-0.15, -0.1) is 11.8 Å². The third kappa shape index (κ3) is 2.24. The minimum absolute atomic E-state index is 0.0478. The number of ether oxygens (including phenoxy) is 1. The molecule has 0 unspecified atom stereocenters. The smallest absolute Gasteiger partial charge is 0.335 e. The monoisotopic (exact) mass is 355 g/mol. The van der Waals surface area contributed by atoms with Crippen molar-refractivity contribution in [3.8, 4) is 5.75 Å². The van der Waals surface area contributed by atoms with Gasteiger partial charge in [-0.05, 0) is 41.4 Å². The Morgan fingerprint density at radius 1 is 1.50 bits per heavy atom. The Bertz CT molecular complexity index is 579. The highest BCUT2D eigenvalue weighted by molar-refractivity contribution is 9.10. The summed E-state index contributed by atoms with van der Waals surface area (Å²) in [5.41, 5.74) is 0. The van der Waals surface area contributed by atoms with E-state index in [1.807, 2.05) is 25.1 Å². The third-order valence-corrected chi connectivity index (χ3v) is 5.92. The van der Waals surface area contributed by atoms with Crippen LogP contribution in [0, 0.1) is 0 Å². The van der Waals surface area contributed by atoms with Crippen LogP contribution in [-0.4, -0.2) is 33.4 Å². The van der Waals surface area contributed by atoms with Crippen molar-refractivity contribution in [2.45, 2.75) is 30.7 Å². The Kier molecular flexibility index (Phi) is 3.54. The third-order valence-electron chi connectivity index (χ3n) is 3.76. The Hall–Kier alpha value is -1.01. The van der Waals surface area contributed by atoms with Crippen LogP contribution in [0.1, 0.15) is 19.8 Å². The first-order valence-electron chi connectivity index (χ1n) is 6.44. The van der Waals surface area contributed by atoms with E-state index in [0.717, 1.165) is 10.9 Å². The first kappa shape index (κ1) is 13.9. The van der Waals surface area contributed by atoms with Gasteiger partial charge in [0.2, 0.25) is 5.91 Å². The molecule has 2 heterocycles. The van der Waals surface area contributed by atoms with Crippen LogP contribution in [0.4, 0.5) is 0 Å². The number of hydrogen-bond donors (Lipinski definition) is 0. The molecule has 6 heteroatoms. The zero-order valence-electron chi connectivity index (χ0n) is 11.0. The van der Waals surface area contributed by atoms with E-state index in [1.165, 1.54) is 0 Å². The van der Waals surface area contributed by atoms with Crippen molar-refractivity contribution in [1.29, 1.82) is 0 Å². The largest absolute Gasteiger partial charge is 0.424 e. The molecule has 0 bridgehead atoms. The molecule has 2 atom stereocenters. The predicted octanol–water partition coefficient (Wildman–Crippen LogP) is 2.81. The molecule has 0 saturated carbocycles. The van der Waals surface area contributed by atoms with Crippen molar-refractivity contribution >= 4 is 39.6 Å². The second-order valence-corrected chi connectivity index (χ2v) is 7.47. The Morgan fingerprint density at radius 3 is 3.00 bits per heavy atom. The number of carbonyl (C=O) groups is 2. The normalized spacial score (nSPS) is 28.6. The number of fused-ring (bicyclic) bond motifs is 1. The van der Waals surface area contributed by atoms with E-state index in [-0.39, 0.29) is 16.7 Å². The number of nitrogens with zero attached hydrogens (tertiary/aromatic N) is 1. The van der Waals surface area contributed by atoms with Gasteiger partial charge in [0.05, 0.1) is 9.34 Å². The van der Waals surface area contributed by atoms with Gasteiger partial charge in [0.15, 0.2) is 0 Å². The van der Waals surface area contributed by atoms with Gasteiger partial charge in [0.1, 0.15) is 11.8 Å². The summed E-state index contributed by atoms with van der Waals surface area (Å²) in [7, 11) is 0. The molecule has 1 aromatic rings. The van der Waals surface area contributed by atoms with E-state index in [0.29, 0.717) is 17.9 Å². The minimum atomic E-state index is -0.480. The van der Waals surface area contributed by atoms with E-state index in [1.54, 1.807) is 22.7 Å². The molecule has 0 aliphatic carbocycles. The van der Waals surface area contributed by atoms with Gasteiger partial charge >= 0.3 is 5.97 Å². The summed E-state index contributed by atoms with van der Waals surface area (Å²) in [4.78, 5) is 25.8. The zero-order valence-corrected chi connectivity index (χ0v) is 13.4. The highest BCUT2D eigenvalue weighted by atomic mass is 79.9. The molecular formula is C14H14BrNO3S. The topological polar surface area (TPSA) is 46.6 Å². The van der Waals surface area contributed by atoms with E-state index in [2.05, 4.69) is 15.9 Å². The second kappa shape index (κ2) is 5.07. The molecule has 106 valence electrons. The number of esters is 1. The number of hydrogen-bond acceptors (Lipinski definition) is 4. The van der Waals surface area contributed by atoms with Crippen LogP contribution < -0.4 is 4.74 Å². The van der Waals surface area contributed by atoms with Gasteiger partial charge in [0, 0.05) is 12.2 Å². The van der Waals surface area contributed by atoms with Crippen molar-refractivity contribution in [2.24, 2.45) is 0 Å². The maximum absolute atomic E-state index is 12.3. The van der Waals surface area contributed by atoms with Crippen molar-refractivity contribution < 1.29 is 14.3 Å². The van der Waals surface area contributed by atoms with Crippen LogP contribution >= 0.6 is 27.7 Å². The number of para-hydroxylation sites is 1. The fourth-order valence-corrected chi connectivity index (χ4v) is 4.48. The molecule has 1 amide bonds. The van der Waals surface area contributed by atoms with Crippen LogP contribution in [-0.2, 0) is 9.59 Å². The van der Waals surface area contributed by atoms with Gasteiger partial charge in [0.25, 0.3) is 0 Å². The Morgan fingerprint density at radius 2 is 2.25 bits per heavy atom. The van der Waals surface area contributed by atoms with Crippen molar-refractivity contribution in [3.05, 3.63) is 28.7 Å². The maximum atomic E-state index is 12.3. The lowest BCUT2D eigenvalue weighted by atomic mass is 10.2. The zero-order chi connectivity index (χ0) is 14.3. The molecule has 4 nitrogen and oxygen atoms in total. The summed E-state index contributed by atoms with van der Waals surface area (Å²) in [5, 5.41) is 0. The van der Waals surface area contributed by atoms with Crippen LogP contribution in [0.5, 0.6) is 5.75 Å². The Balaban J connectivity index is 1.79. The summed E-state index contributed by atoms with van der Waals surface area (Å²) in [6.07, 6.45) is 1.32. The molecule has 0 aromatic heterocycles. The number of amides is 1. The van der Waals surface area contributed by atoms with Crippen LogP contribution in [0.15, 0.2) is 28.7 Å². The van der Waals surface area contributed by atoms with E-state index in [4.69, 9.17) is 4.74 Å². The molecule has 2 aliphatic rings. The van der Waals surface area contributed by atoms with Gasteiger partial charge in [-0.3, -0.25) is 4.79 Å². The van der Waals surface area contributed by atoms with Crippen LogP contribution in [0.25, 0.3) is 0 Å². The summed E-state index contributed by atoms with van der Waals surface area (Å²) < 4.78 is 6.17. The van der Waals surface area contributed by atoms with Gasteiger partial charge < -0.3 is 9.64 Å². The summed E-state index contributed by atoms with van der Waals surface area (Å²) in [6.45, 7) is 2.02. The first-order chi connectivity index (χ1) is 9.51. The molecule has 0 N–H and O–H groups in total. The second-order valence-electron chi connectivity index (χ2n) is 5.12. The first-order valence-corrected chi connectivity index (χ1v) is 8.21. The number of thioether (sulfide) groups is 1. The highest BCUT2D eigenvalue weighted by Gasteiger charge is 2.53. The molecule has 0 radical (unpaired) electrons. The van der Waals surface area contributed by atoms with Gasteiger partial charge in [-0.25, -0.2) is 4.79 Å². The average Bonchev–Trinajstić information content (AvgIpc) is 2.90. The molecule has 3 rings (SSSR count). The SMILES string of the molecule is C[C@]12CCC(=O)N1[C@H](C(=O)Oc1ccccc1Br)CS2. The predicted molar refractivity (Wildman–Crippen MR) is 80.5 cm³/mol. The molecule has 20 heavy (non-hydrogen) atoms. The maximum Gasteiger partial charge on any atom is 0.335 e. The van der Waals surface area contributed by atoms with Crippen LogP contribution in [0.3, 0.4) is 0 Å². The molecule has 0 spiro atoms. The fraction of sp³-hybridized carbons (Fsp3) is 0.429. The van der Waals surface area contributed by atoms with E-state index >= 15 is 0 Å². The summed E-state index contributed by atoms with van der Waals surface area (Å²) >= 11 is 5.01. The van der Waals surface area contributed by atoms with Crippen molar-refractivity contribution in [3.63, 3.8) is 0 Å². The van der Waals surface area contributed by atoms with E-state index in [9.17, 15) is 9.59 Å². The summed E-state index contributed by atoms with van der Waals surface area (Å²) in [5.74, 6) is 0.781. The molecule has 2 aliphatic heterocycles. The molecular weight excluding hydrogens is 342 g/mol. The Labute approximate surface area is 130 Å². The summed E-state index contributed by atoms with van der Waals surface area (Å²) in [6, 6.07) is 6.73. The highest BCUT2D eigenvalue weighted by Crippen LogP contribution is 2.47. The number of halogens is 1. The van der Waals surface area contributed by atoms with Crippen LogP contribution in [0.2, 0.25) is 0 Å². The van der Waals surface area contributed by atoms with Crippen molar-refractivity contribution in [1.82, 2.24) is 4.90 Å². The molecule has 1 aromatic carbocycles. The molecule has 2 saturated heterocycles. The standard InChI is InChI=1S/C14H14BrNO3S/c1-14-7-6-12(17)16(14)10(8-20-14)13(18)19-11-5-3-2-4-9(11)15/h2-5,10H,6-8H2,1H3/t10-,14-/m0/s1. The number of rotatable bonds is 2. The lowest BCUT2D eigenvalue weighted by Gasteiger charge is -2.29. The minimum Gasteiger partial charge on any atom is -0.424 e. The average molecular weight is 356 g/mol. The van der Waals surface area contributed by atoms with Gasteiger partial charge in [-0.2, -0.15) is 0 Å². The van der Waals surface area contributed by atoms with Gasteiger partial charge in [-0.1, -0.05) is 12.1 Å². The fourth-order valence-electron chi connectivity index (χ4n) is 2.70. The quantitative estimate of drug-likeness (QED) is 0.604. The van der Waals surface area contributed by atoms with E-state index < -0.39 is 6.04 Å².